The zero-order valence-electron chi connectivity index (χ0n) is 14.8. The highest BCUT2D eigenvalue weighted by Gasteiger charge is 2.18. The highest BCUT2D eigenvalue weighted by atomic mass is 32.2. The first-order valence-electron chi connectivity index (χ1n) is 8.40. The maximum atomic E-state index is 12.8. The molecule has 0 radical (unpaired) electrons. The van der Waals surface area contributed by atoms with E-state index >= 15 is 0 Å². The van der Waals surface area contributed by atoms with Gasteiger partial charge in [-0.1, -0.05) is 30.3 Å². The fraction of sp³-hybridized carbons (Fsp3) is 0.316. The highest BCUT2D eigenvalue weighted by Crippen LogP contribution is 2.19. The number of benzene rings is 2. The fourth-order valence-corrected chi connectivity index (χ4v) is 3.48. The van der Waals surface area contributed by atoms with E-state index in [2.05, 4.69) is 4.40 Å². The van der Waals surface area contributed by atoms with Crippen molar-refractivity contribution < 1.29 is 13.2 Å². The van der Waals surface area contributed by atoms with Crippen LogP contribution in [-0.4, -0.2) is 38.8 Å². The normalized spacial score (nSPS) is 12.0. The van der Waals surface area contributed by atoms with Crippen LogP contribution in [0.25, 0.3) is 0 Å². The molecule has 0 aliphatic heterocycles. The van der Waals surface area contributed by atoms with Crippen molar-refractivity contribution in [1.29, 1.82) is 0 Å². The van der Waals surface area contributed by atoms with Gasteiger partial charge in [0.1, 0.15) is 11.6 Å². The smallest absolute Gasteiger partial charge is 0.284 e. The molecule has 0 amide bonds. The average molecular weight is 360 g/mol. The van der Waals surface area contributed by atoms with Gasteiger partial charge in [-0.3, -0.25) is 0 Å². The first kappa shape index (κ1) is 19.0. The van der Waals surface area contributed by atoms with E-state index in [4.69, 9.17) is 4.74 Å². The van der Waals surface area contributed by atoms with Crippen molar-refractivity contribution in [3.63, 3.8) is 0 Å². The van der Waals surface area contributed by atoms with E-state index in [9.17, 15) is 8.42 Å². The molecular weight excluding hydrogens is 336 g/mol. The van der Waals surface area contributed by atoms with Crippen molar-refractivity contribution in [1.82, 2.24) is 4.90 Å². The molecule has 5 nitrogen and oxygen atoms in total. The Hall–Kier alpha value is -2.34. The molecule has 0 aliphatic carbocycles. The number of nitrogens with zero attached hydrogens (tertiary/aromatic N) is 2. The van der Waals surface area contributed by atoms with Gasteiger partial charge < -0.3 is 9.64 Å². The second kappa shape index (κ2) is 8.67. The van der Waals surface area contributed by atoms with E-state index in [1.165, 1.54) is 12.1 Å². The number of sulfonamides is 1. The van der Waals surface area contributed by atoms with E-state index in [0.717, 1.165) is 5.56 Å². The van der Waals surface area contributed by atoms with Crippen molar-refractivity contribution in [3.05, 3.63) is 60.2 Å². The van der Waals surface area contributed by atoms with Crippen molar-refractivity contribution in [3.8, 4) is 5.75 Å². The summed E-state index contributed by atoms with van der Waals surface area (Å²) in [7, 11) is -3.81. The third-order valence-electron chi connectivity index (χ3n) is 3.73. The summed E-state index contributed by atoms with van der Waals surface area (Å²) in [5.74, 6) is 1.09. The molecule has 0 fully saturated rings. The van der Waals surface area contributed by atoms with Crippen molar-refractivity contribution >= 4 is 15.9 Å². The van der Waals surface area contributed by atoms with Crippen LogP contribution in [0.2, 0.25) is 0 Å². The van der Waals surface area contributed by atoms with Crippen LogP contribution in [0.15, 0.2) is 63.9 Å². The molecule has 0 heterocycles. The summed E-state index contributed by atoms with van der Waals surface area (Å²) in [5, 5.41) is 0. The Bertz CT molecular complexity index is 796. The number of ether oxygens (including phenoxy) is 1. The molecule has 134 valence electrons. The van der Waals surface area contributed by atoms with Gasteiger partial charge in [0.2, 0.25) is 0 Å². The summed E-state index contributed by atoms with van der Waals surface area (Å²) in [6.07, 6.45) is 0. The van der Waals surface area contributed by atoms with Gasteiger partial charge in [0.25, 0.3) is 10.0 Å². The van der Waals surface area contributed by atoms with Crippen molar-refractivity contribution in [2.24, 2.45) is 4.40 Å². The van der Waals surface area contributed by atoms with Crippen LogP contribution >= 0.6 is 0 Å². The van der Waals surface area contributed by atoms with Crippen LogP contribution in [0.5, 0.6) is 5.75 Å². The first-order chi connectivity index (χ1) is 12.0. The minimum absolute atomic E-state index is 0.150. The van der Waals surface area contributed by atoms with Crippen LogP contribution in [0, 0.1) is 0 Å². The molecule has 0 saturated heterocycles. The quantitative estimate of drug-likeness (QED) is 0.559. The lowest BCUT2D eigenvalue weighted by Crippen LogP contribution is -2.32. The second-order valence-electron chi connectivity index (χ2n) is 5.33. The van der Waals surface area contributed by atoms with Crippen LogP contribution in [0.3, 0.4) is 0 Å². The van der Waals surface area contributed by atoms with Crippen molar-refractivity contribution in [2.75, 3.05) is 19.7 Å². The van der Waals surface area contributed by atoms with E-state index in [1.54, 1.807) is 12.1 Å². The summed E-state index contributed by atoms with van der Waals surface area (Å²) < 4.78 is 35.0. The van der Waals surface area contributed by atoms with Gasteiger partial charge in [0.15, 0.2) is 0 Å². The van der Waals surface area contributed by atoms with Crippen molar-refractivity contribution in [2.45, 2.75) is 25.7 Å². The average Bonchev–Trinajstić information content (AvgIpc) is 2.63. The molecule has 0 bridgehead atoms. The molecule has 0 saturated carbocycles. The van der Waals surface area contributed by atoms with E-state index in [1.807, 2.05) is 56.0 Å². The molecule has 2 aromatic rings. The van der Waals surface area contributed by atoms with Gasteiger partial charge >= 0.3 is 0 Å². The third-order valence-corrected chi connectivity index (χ3v) is 5.02. The molecule has 0 N–H and O–H groups in total. The predicted octanol–water partition coefficient (Wildman–Crippen LogP) is 3.56. The lowest BCUT2D eigenvalue weighted by atomic mass is 10.2. The van der Waals surface area contributed by atoms with Gasteiger partial charge in [-0.05, 0) is 45.0 Å². The SMILES string of the molecule is CCOc1ccc(S(=O)(=O)N=C(c2ccccc2)N(CC)CC)cc1. The predicted molar refractivity (Wildman–Crippen MR) is 101 cm³/mol. The van der Waals surface area contributed by atoms with Gasteiger partial charge in [0, 0.05) is 18.7 Å². The molecule has 0 aliphatic rings. The Labute approximate surface area is 150 Å². The Balaban J connectivity index is 2.46. The van der Waals surface area contributed by atoms with Crippen LogP contribution < -0.4 is 4.74 Å². The zero-order chi connectivity index (χ0) is 18.3. The molecule has 0 aromatic heterocycles. The summed E-state index contributed by atoms with van der Waals surface area (Å²) in [5.41, 5.74) is 0.778. The Morgan fingerprint density at radius 1 is 0.960 bits per heavy atom. The second-order valence-corrected chi connectivity index (χ2v) is 6.94. The molecule has 2 aromatic carbocycles. The van der Waals surface area contributed by atoms with Gasteiger partial charge in [-0.2, -0.15) is 8.42 Å². The number of amidine groups is 1. The standard InChI is InChI=1S/C19H24N2O3S/c1-4-21(5-2)19(16-10-8-7-9-11-16)20-25(22,23)18-14-12-17(13-15-18)24-6-3/h7-15H,4-6H2,1-3H3. The van der Waals surface area contributed by atoms with E-state index < -0.39 is 10.0 Å². The van der Waals surface area contributed by atoms with Crippen LogP contribution in [0.1, 0.15) is 26.3 Å². The highest BCUT2D eigenvalue weighted by molar-refractivity contribution is 7.90. The Morgan fingerprint density at radius 3 is 2.08 bits per heavy atom. The molecule has 0 spiro atoms. The number of rotatable bonds is 7. The number of hydrogen-bond donors (Lipinski definition) is 0. The molecular formula is C19H24N2O3S. The molecule has 0 unspecified atom stereocenters. The Kier molecular flexibility index (Phi) is 6.58. The Morgan fingerprint density at radius 2 is 1.56 bits per heavy atom. The minimum Gasteiger partial charge on any atom is -0.494 e. The lowest BCUT2D eigenvalue weighted by Gasteiger charge is -2.23. The topological polar surface area (TPSA) is 59.0 Å². The summed E-state index contributed by atoms with van der Waals surface area (Å²) in [6, 6.07) is 15.7. The van der Waals surface area contributed by atoms with Gasteiger partial charge in [0.05, 0.1) is 11.5 Å². The maximum Gasteiger partial charge on any atom is 0.284 e. The van der Waals surface area contributed by atoms with Crippen LogP contribution in [0.4, 0.5) is 0 Å². The molecule has 6 heteroatoms. The van der Waals surface area contributed by atoms with E-state index in [-0.39, 0.29) is 4.90 Å². The van der Waals surface area contributed by atoms with Gasteiger partial charge in [-0.15, -0.1) is 4.40 Å². The molecule has 2 rings (SSSR count). The summed E-state index contributed by atoms with van der Waals surface area (Å²) in [6.45, 7) is 7.71. The zero-order valence-corrected chi connectivity index (χ0v) is 15.7. The summed E-state index contributed by atoms with van der Waals surface area (Å²) in [4.78, 5) is 2.08. The minimum atomic E-state index is -3.81. The summed E-state index contributed by atoms with van der Waals surface area (Å²) >= 11 is 0. The lowest BCUT2D eigenvalue weighted by molar-refractivity contribution is 0.340. The largest absolute Gasteiger partial charge is 0.494 e. The number of hydrogen-bond acceptors (Lipinski definition) is 3. The first-order valence-corrected chi connectivity index (χ1v) is 9.84. The maximum absolute atomic E-state index is 12.8. The molecule has 25 heavy (non-hydrogen) atoms. The molecule has 0 atom stereocenters. The third kappa shape index (κ3) is 4.82. The van der Waals surface area contributed by atoms with Gasteiger partial charge in [-0.25, -0.2) is 0 Å². The fourth-order valence-electron chi connectivity index (χ4n) is 2.44. The van der Waals surface area contributed by atoms with E-state index in [0.29, 0.717) is 31.3 Å². The monoisotopic (exact) mass is 360 g/mol. The van der Waals surface area contributed by atoms with Crippen LogP contribution in [-0.2, 0) is 10.0 Å².